The van der Waals surface area contributed by atoms with Crippen LogP contribution in [-0.2, 0) is 4.79 Å². The molecule has 0 aliphatic carbocycles. The molecule has 1 heterocycles. The summed E-state index contributed by atoms with van der Waals surface area (Å²) < 4.78 is 5.81. The number of carbonyl (C=O) groups excluding carboxylic acids is 2. The maximum atomic E-state index is 12.4. The van der Waals surface area contributed by atoms with E-state index in [9.17, 15) is 9.59 Å². The van der Waals surface area contributed by atoms with Crippen molar-refractivity contribution in [2.24, 2.45) is 0 Å². The minimum absolute atomic E-state index is 0.00916. The lowest BCUT2D eigenvalue weighted by Crippen LogP contribution is -2.42. The normalized spacial score (nSPS) is 16.1. The van der Waals surface area contributed by atoms with Gasteiger partial charge in [0.05, 0.1) is 18.8 Å². The topological polar surface area (TPSA) is 58.6 Å². The van der Waals surface area contributed by atoms with Crippen LogP contribution in [0.2, 0.25) is 0 Å². The second-order valence-electron chi connectivity index (χ2n) is 5.96. The Labute approximate surface area is 141 Å². The van der Waals surface area contributed by atoms with Gasteiger partial charge in [-0.3, -0.25) is 9.59 Å². The fourth-order valence-electron chi connectivity index (χ4n) is 2.79. The summed E-state index contributed by atoms with van der Waals surface area (Å²) in [5, 5.41) is 2.88. The lowest BCUT2D eigenvalue weighted by Gasteiger charge is -2.34. The number of anilines is 2. The summed E-state index contributed by atoms with van der Waals surface area (Å²) in [6.07, 6.45) is -0.0230. The van der Waals surface area contributed by atoms with Gasteiger partial charge in [0, 0.05) is 11.3 Å². The van der Waals surface area contributed by atoms with E-state index in [1.54, 1.807) is 18.2 Å². The van der Waals surface area contributed by atoms with Crippen molar-refractivity contribution in [1.29, 1.82) is 0 Å². The monoisotopic (exact) mass is 324 g/mol. The Kier molecular flexibility index (Phi) is 4.51. The Bertz CT molecular complexity index is 758. The highest BCUT2D eigenvalue weighted by molar-refractivity contribution is 5.97. The van der Waals surface area contributed by atoms with E-state index in [1.165, 1.54) is 6.92 Å². The minimum Gasteiger partial charge on any atom is -0.487 e. The molecule has 0 radical (unpaired) electrons. The Morgan fingerprint density at radius 3 is 2.67 bits per heavy atom. The van der Waals surface area contributed by atoms with E-state index in [0.717, 1.165) is 11.4 Å². The number of hydrogen-bond acceptors (Lipinski definition) is 4. The van der Waals surface area contributed by atoms with Gasteiger partial charge in [0.1, 0.15) is 11.9 Å². The highest BCUT2D eigenvalue weighted by atomic mass is 16.5. The zero-order valence-electron chi connectivity index (χ0n) is 13.8. The Balaban J connectivity index is 1.79. The molecule has 1 N–H and O–H groups in total. The molecule has 1 amide bonds. The van der Waals surface area contributed by atoms with E-state index in [4.69, 9.17) is 4.74 Å². The van der Waals surface area contributed by atoms with Gasteiger partial charge in [-0.2, -0.15) is 0 Å². The summed E-state index contributed by atoms with van der Waals surface area (Å²) in [6, 6.07) is 14.7. The molecule has 124 valence electrons. The van der Waals surface area contributed by atoms with Gasteiger partial charge in [0.25, 0.3) is 0 Å². The first kappa shape index (κ1) is 16.1. The third-order valence-corrected chi connectivity index (χ3v) is 3.90. The zero-order chi connectivity index (χ0) is 17.1. The van der Waals surface area contributed by atoms with Crippen molar-refractivity contribution in [3.05, 3.63) is 54.1 Å². The van der Waals surface area contributed by atoms with E-state index in [-0.39, 0.29) is 24.3 Å². The molecule has 1 aliphatic rings. The van der Waals surface area contributed by atoms with Gasteiger partial charge in [0.15, 0.2) is 5.78 Å². The predicted molar refractivity (Wildman–Crippen MR) is 93.8 cm³/mol. The second-order valence-corrected chi connectivity index (χ2v) is 5.96. The number of nitrogens with one attached hydrogen (secondary N) is 1. The number of rotatable bonds is 4. The van der Waals surface area contributed by atoms with Crippen molar-refractivity contribution in [1.82, 2.24) is 0 Å². The summed E-state index contributed by atoms with van der Waals surface area (Å²) in [4.78, 5) is 25.9. The number of nitrogens with zero attached hydrogens (tertiary/aromatic N) is 1. The van der Waals surface area contributed by atoms with E-state index in [2.05, 4.69) is 5.32 Å². The van der Waals surface area contributed by atoms with Crippen molar-refractivity contribution < 1.29 is 14.3 Å². The lowest BCUT2D eigenvalue weighted by molar-refractivity contribution is -0.115. The molecule has 1 atom stereocenters. The van der Waals surface area contributed by atoms with Crippen LogP contribution in [0.25, 0.3) is 0 Å². The largest absolute Gasteiger partial charge is 0.487 e. The Hall–Kier alpha value is -2.82. The summed E-state index contributed by atoms with van der Waals surface area (Å²) in [6.45, 7) is 4.29. The van der Waals surface area contributed by atoms with E-state index >= 15 is 0 Å². The molecule has 5 heteroatoms. The molecule has 1 aliphatic heterocycles. The van der Waals surface area contributed by atoms with Gasteiger partial charge in [-0.15, -0.1) is 0 Å². The van der Waals surface area contributed by atoms with Crippen LogP contribution in [0.1, 0.15) is 24.2 Å². The molecular formula is C19H20N2O3. The van der Waals surface area contributed by atoms with E-state index in [1.807, 2.05) is 42.2 Å². The molecule has 0 saturated carbocycles. The SMILES string of the molecule is CC(=O)c1ccc2c(c1)N(CC(=O)Nc1ccccc1)CC(C)O2. The van der Waals surface area contributed by atoms with E-state index in [0.29, 0.717) is 17.9 Å². The molecule has 2 aromatic carbocycles. The first-order chi connectivity index (χ1) is 11.5. The molecule has 0 spiro atoms. The number of carbonyl (C=O) groups is 2. The number of ketones is 1. The van der Waals surface area contributed by atoms with Crippen LogP contribution in [0.5, 0.6) is 5.75 Å². The average molecular weight is 324 g/mol. The van der Waals surface area contributed by atoms with Gasteiger partial charge < -0.3 is 15.0 Å². The van der Waals surface area contributed by atoms with Gasteiger partial charge in [-0.1, -0.05) is 18.2 Å². The molecular weight excluding hydrogens is 304 g/mol. The standard InChI is InChI=1S/C19H20N2O3/c1-13-11-21(12-19(23)20-16-6-4-3-5-7-16)17-10-15(14(2)22)8-9-18(17)24-13/h3-10,13H,11-12H2,1-2H3,(H,20,23). The van der Waals surface area contributed by atoms with Crippen LogP contribution in [0.15, 0.2) is 48.5 Å². The quantitative estimate of drug-likeness (QED) is 0.878. The fourth-order valence-corrected chi connectivity index (χ4v) is 2.79. The van der Waals surface area contributed by atoms with Crippen LogP contribution >= 0.6 is 0 Å². The van der Waals surface area contributed by atoms with Gasteiger partial charge in [-0.05, 0) is 44.2 Å². The Morgan fingerprint density at radius 2 is 1.96 bits per heavy atom. The molecule has 0 saturated heterocycles. The number of para-hydroxylation sites is 1. The molecule has 2 aromatic rings. The number of amides is 1. The number of Topliss-reactive ketones (excluding diaryl/α,β-unsaturated/α-hetero) is 1. The molecule has 24 heavy (non-hydrogen) atoms. The molecule has 1 unspecified atom stereocenters. The summed E-state index contributed by atoms with van der Waals surface area (Å²) in [5.41, 5.74) is 2.16. The van der Waals surface area contributed by atoms with Crippen molar-refractivity contribution in [2.75, 3.05) is 23.3 Å². The fraction of sp³-hybridized carbons (Fsp3) is 0.263. The third-order valence-electron chi connectivity index (χ3n) is 3.90. The maximum Gasteiger partial charge on any atom is 0.243 e. The van der Waals surface area contributed by atoms with Crippen LogP contribution in [0, 0.1) is 0 Å². The van der Waals surface area contributed by atoms with Crippen molar-refractivity contribution in [3.8, 4) is 5.75 Å². The molecule has 3 rings (SSSR count). The number of hydrogen-bond donors (Lipinski definition) is 1. The highest BCUT2D eigenvalue weighted by Crippen LogP contribution is 2.34. The van der Waals surface area contributed by atoms with Gasteiger partial charge in [0.2, 0.25) is 5.91 Å². The number of benzene rings is 2. The summed E-state index contributed by atoms with van der Waals surface area (Å²) in [5.74, 6) is 0.589. The molecule has 5 nitrogen and oxygen atoms in total. The van der Waals surface area contributed by atoms with Gasteiger partial charge in [-0.25, -0.2) is 0 Å². The summed E-state index contributed by atoms with van der Waals surface area (Å²) in [7, 11) is 0. The minimum atomic E-state index is -0.102. The number of fused-ring (bicyclic) bond motifs is 1. The smallest absolute Gasteiger partial charge is 0.243 e. The molecule has 0 bridgehead atoms. The first-order valence-electron chi connectivity index (χ1n) is 7.94. The average Bonchev–Trinajstić information content (AvgIpc) is 2.55. The second kappa shape index (κ2) is 6.74. The van der Waals surface area contributed by atoms with Crippen LogP contribution in [0.3, 0.4) is 0 Å². The van der Waals surface area contributed by atoms with Gasteiger partial charge >= 0.3 is 0 Å². The molecule has 0 fully saturated rings. The van der Waals surface area contributed by atoms with Crippen LogP contribution in [-0.4, -0.2) is 30.9 Å². The Morgan fingerprint density at radius 1 is 1.21 bits per heavy atom. The van der Waals surface area contributed by atoms with Crippen LogP contribution < -0.4 is 15.0 Å². The first-order valence-corrected chi connectivity index (χ1v) is 7.94. The summed E-state index contributed by atoms with van der Waals surface area (Å²) >= 11 is 0. The number of ether oxygens (including phenoxy) is 1. The highest BCUT2D eigenvalue weighted by Gasteiger charge is 2.25. The third kappa shape index (κ3) is 3.56. The maximum absolute atomic E-state index is 12.4. The van der Waals surface area contributed by atoms with Crippen LogP contribution in [0.4, 0.5) is 11.4 Å². The van der Waals surface area contributed by atoms with Crippen molar-refractivity contribution in [3.63, 3.8) is 0 Å². The lowest BCUT2D eigenvalue weighted by atomic mass is 10.1. The zero-order valence-corrected chi connectivity index (χ0v) is 13.8. The van der Waals surface area contributed by atoms with Crippen molar-refractivity contribution >= 4 is 23.1 Å². The van der Waals surface area contributed by atoms with Crippen molar-refractivity contribution in [2.45, 2.75) is 20.0 Å². The molecule has 0 aromatic heterocycles. The predicted octanol–water partition coefficient (Wildman–Crippen LogP) is 3.12. The van der Waals surface area contributed by atoms with E-state index < -0.39 is 0 Å².